The first-order valence-corrected chi connectivity index (χ1v) is 6.19. The Morgan fingerprint density at radius 1 is 1.40 bits per heavy atom. The Labute approximate surface area is 102 Å². The lowest BCUT2D eigenvalue weighted by Crippen LogP contribution is -2.16. The molecular formula is C11H11BrClNO. The van der Waals surface area contributed by atoms with E-state index < -0.39 is 6.10 Å². The van der Waals surface area contributed by atoms with Gasteiger partial charge in [-0.3, -0.25) is 0 Å². The molecule has 0 aliphatic rings. The molecule has 1 N–H and O–H groups in total. The summed E-state index contributed by atoms with van der Waals surface area (Å²) in [5.41, 5.74) is 0.985. The van der Waals surface area contributed by atoms with Crippen molar-refractivity contribution in [2.24, 2.45) is 0 Å². The van der Waals surface area contributed by atoms with Crippen LogP contribution in [0.2, 0.25) is 5.02 Å². The molecule has 2 rings (SSSR count). The number of para-hydroxylation sites is 1. The molecule has 0 radical (unpaired) electrons. The summed E-state index contributed by atoms with van der Waals surface area (Å²) < 4.78 is 1.98. The lowest BCUT2D eigenvalue weighted by atomic mass is 10.2. The predicted molar refractivity (Wildman–Crippen MR) is 66.7 cm³/mol. The molecule has 0 aliphatic carbocycles. The number of nitrogens with zero attached hydrogens (tertiary/aromatic N) is 1. The molecule has 1 aromatic carbocycles. The maximum absolute atomic E-state index is 9.57. The standard InChI is InChI=1S/C11H11BrClNO/c12-6-9(15)7-14-5-4-8-2-1-3-10(13)11(8)14/h1-5,9,15H,6-7H2. The van der Waals surface area contributed by atoms with Crippen molar-refractivity contribution in [2.45, 2.75) is 12.6 Å². The summed E-state index contributed by atoms with van der Waals surface area (Å²) in [6, 6.07) is 7.80. The second-order valence-electron chi connectivity index (χ2n) is 3.45. The Morgan fingerprint density at radius 2 is 2.20 bits per heavy atom. The minimum absolute atomic E-state index is 0.392. The number of aliphatic hydroxyl groups excluding tert-OH is 1. The number of alkyl halides is 1. The molecule has 2 nitrogen and oxygen atoms in total. The Balaban J connectivity index is 2.43. The topological polar surface area (TPSA) is 25.2 Å². The molecule has 4 heteroatoms. The van der Waals surface area contributed by atoms with Gasteiger partial charge in [-0.2, -0.15) is 0 Å². The van der Waals surface area contributed by atoms with Gasteiger partial charge in [0.2, 0.25) is 0 Å². The zero-order valence-electron chi connectivity index (χ0n) is 8.03. The summed E-state index contributed by atoms with van der Waals surface area (Å²) >= 11 is 9.36. The fourth-order valence-corrected chi connectivity index (χ4v) is 2.14. The van der Waals surface area contributed by atoms with Crippen LogP contribution >= 0.6 is 27.5 Å². The van der Waals surface area contributed by atoms with Gasteiger partial charge in [0.1, 0.15) is 0 Å². The summed E-state index contributed by atoms with van der Waals surface area (Å²) in [4.78, 5) is 0. The van der Waals surface area contributed by atoms with Gasteiger partial charge in [-0.1, -0.05) is 39.7 Å². The van der Waals surface area contributed by atoms with Crippen molar-refractivity contribution in [2.75, 3.05) is 5.33 Å². The summed E-state index contributed by atoms with van der Waals surface area (Å²) in [5, 5.41) is 12.0. The minimum atomic E-state index is -0.392. The number of halogens is 2. The number of rotatable bonds is 3. The fraction of sp³-hybridized carbons (Fsp3) is 0.273. The second-order valence-corrected chi connectivity index (χ2v) is 4.51. The lowest BCUT2D eigenvalue weighted by Gasteiger charge is -2.10. The van der Waals surface area contributed by atoms with E-state index in [2.05, 4.69) is 15.9 Å². The molecule has 0 fully saturated rings. The molecule has 1 atom stereocenters. The van der Waals surface area contributed by atoms with Crippen molar-refractivity contribution >= 4 is 38.4 Å². The van der Waals surface area contributed by atoms with Crippen molar-refractivity contribution in [1.82, 2.24) is 4.57 Å². The van der Waals surface area contributed by atoms with Gasteiger partial charge in [0.25, 0.3) is 0 Å². The van der Waals surface area contributed by atoms with E-state index in [1.807, 2.05) is 35.0 Å². The molecule has 0 bridgehead atoms. The van der Waals surface area contributed by atoms with E-state index in [1.165, 1.54) is 0 Å². The summed E-state index contributed by atoms with van der Waals surface area (Å²) in [6.07, 6.45) is 1.56. The normalized spacial score (nSPS) is 13.3. The molecule has 0 saturated carbocycles. The van der Waals surface area contributed by atoms with E-state index in [0.717, 1.165) is 15.9 Å². The molecule has 80 valence electrons. The maximum atomic E-state index is 9.57. The van der Waals surface area contributed by atoms with Crippen LogP contribution < -0.4 is 0 Å². The first-order chi connectivity index (χ1) is 7.22. The average molecular weight is 289 g/mol. The van der Waals surface area contributed by atoms with Gasteiger partial charge < -0.3 is 9.67 Å². The Hall–Kier alpha value is -0.510. The molecule has 0 saturated heterocycles. The molecule has 0 amide bonds. The second kappa shape index (κ2) is 4.56. The van der Waals surface area contributed by atoms with Gasteiger partial charge in [-0.15, -0.1) is 0 Å². The van der Waals surface area contributed by atoms with Crippen LogP contribution in [0.25, 0.3) is 10.9 Å². The maximum Gasteiger partial charge on any atom is 0.0815 e. The van der Waals surface area contributed by atoms with Crippen molar-refractivity contribution < 1.29 is 5.11 Å². The quantitative estimate of drug-likeness (QED) is 0.863. The van der Waals surface area contributed by atoms with E-state index >= 15 is 0 Å². The summed E-state index contributed by atoms with van der Waals surface area (Å²) in [6.45, 7) is 0.554. The molecule has 0 spiro atoms. The van der Waals surface area contributed by atoms with E-state index in [1.54, 1.807) is 0 Å². The number of hydrogen-bond acceptors (Lipinski definition) is 1. The summed E-state index contributed by atoms with van der Waals surface area (Å²) in [7, 11) is 0. The molecule has 1 unspecified atom stereocenters. The highest BCUT2D eigenvalue weighted by molar-refractivity contribution is 9.09. The SMILES string of the molecule is OC(CBr)Cn1ccc2cccc(Cl)c21. The van der Waals surface area contributed by atoms with Crippen molar-refractivity contribution in [3.8, 4) is 0 Å². The summed E-state index contributed by atoms with van der Waals surface area (Å²) in [5.74, 6) is 0. The smallest absolute Gasteiger partial charge is 0.0815 e. The highest BCUT2D eigenvalue weighted by atomic mass is 79.9. The Kier molecular flexibility index (Phi) is 3.34. The van der Waals surface area contributed by atoms with Crippen LogP contribution in [0.3, 0.4) is 0 Å². The third-order valence-electron chi connectivity index (χ3n) is 2.32. The van der Waals surface area contributed by atoms with Crippen molar-refractivity contribution in [3.63, 3.8) is 0 Å². The van der Waals surface area contributed by atoms with Crippen LogP contribution in [-0.2, 0) is 6.54 Å². The molecule has 2 aromatic rings. The number of hydrogen-bond donors (Lipinski definition) is 1. The highest BCUT2D eigenvalue weighted by Crippen LogP contribution is 2.24. The zero-order chi connectivity index (χ0) is 10.8. The van der Waals surface area contributed by atoms with Crippen molar-refractivity contribution in [1.29, 1.82) is 0 Å². The Bertz CT molecular complexity index is 469. The van der Waals surface area contributed by atoms with Crippen LogP contribution in [0, 0.1) is 0 Å². The monoisotopic (exact) mass is 287 g/mol. The minimum Gasteiger partial charge on any atom is -0.390 e. The van der Waals surface area contributed by atoms with Gasteiger partial charge >= 0.3 is 0 Å². The zero-order valence-corrected chi connectivity index (χ0v) is 10.4. The van der Waals surface area contributed by atoms with E-state index in [-0.39, 0.29) is 0 Å². The lowest BCUT2D eigenvalue weighted by molar-refractivity contribution is 0.181. The number of fused-ring (bicyclic) bond motifs is 1. The molecule has 15 heavy (non-hydrogen) atoms. The van der Waals surface area contributed by atoms with Crippen LogP contribution in [0.5, 0.6) is 0 Å². The van der Waals surface area contributed by atoms with E-state index in [0.29, 0.717) is 11.9 Å². The van der Waals surface area contributed by atoms with E-state index in [9.17, 15) is 5.11 Å². The van der Waals surface area contributed by atoms with Crippen LogP contribution in [0.1, 0.15) is 0 Å². The number of benzene rings is 1. The molecule has 1 heterocycles. The van der Waals surface area contributed by atoms with Gasteiger partial charge in [-0.05, 0) is 12.1 Å². The number of aromatic nitrogens is 1. The van der Waals surface area contributed by atoms with Gasteiger partial charge in [-0.25, -0.2) is 0 Å². The van der Waals surface area contributed by atoms with Crippen LogP contribution in [0.15, 0.2) is 30.5 Å². The first kappa shape index (κ1) is 11.0. The molecule has 0 aliphatic heterocycles. The average Bonchev–Trinajstić information content (AvgIpc) is 2.63. The van der Waals surface area contributed by atoms with Crippen LogP contribution in [-0.4, -0.2) is 21.1 Å². The number of aliphatic hydroxyl groups is 1. The van der Waals surface area contributed by atoms with Gasteiger partial charge in [0.15, 0.2) is 0 Å². The first-order valence-electron chi connectivity index (χ1n) is 4.69. The predicted octanol–water partition coefficient (Wildman–Crippen LogP) is 3.05. The van der Waals surface area contributed by atoms with Gasteiger partial charge in [0.05, 0.1) is 16.6 Å². The third-order valence-corrected chi connectivity index (χ3v) is 3.38. The Morgan fingerprint density at radius 3 is 2.93 bits per heavy atom. The van der Waals surface area contributed by atoms with Crippen molar-refractivity contribution in [3.05, 3.63) is 35.5 Å². The molecular weight excluding hydrogens is 277 g/mol. The highest BCUT2D eigenvalue weighted by Gasteiger charge is 2.08. The molecule has 1 aromatic heterocycles. The largest absolute Gasteiger partial charge is 0.390 e. The van der Waals surface area contributed by atoms with Crippen LogP contribution in [0.4, 0.5) is 0 Å². The fourth-order valence-electron chi connectivity index (χ4n) is 1.64. The van der Waals surface area contributed by atoms with E-state index in [4.69, 9.17) is 11.6 Å². The third kappa shape index (κ3) is 2.19. The van der Waals surface area contributed by atoms with Gasteiger partial charge in [0, 0.05) is 23.5 Å².